The highest BCUT2D eigenvalue weighted by molar-refractivity contribution is 9.10. The van der Waals surface area contributed by atoms with Gasteiger partial charge in [-0.15, -0.1) is 0 Å². The average molecular weight is 536 g/mol. The lowest BCUT2D eigenvalue weighted by atomic mass is 9.86. The van der Waals surface area contributed by atoms with Crippen LogP contribution in [0.15, 0.2) is 83.3 Å². The Bertz CT molecular complexity index is 1120. The van der Waals surface area contributed by atoms with E-state index in [2.05, 4.69) is 66.3 Å². The molecule has 5 heteroatoms. The first-order valence-corrected chi connectivity index (χ1v) is 12.9. The Morgan fingerprint density at radius 1 is 0.886 bits per heavy atom. The van der Waals surface area contributed by atoms with Crippen LogP contribution in [0.3, 0.4) is 0 Å². The van der Waals surface area contributed by atoms with Gasteiger partial charge in [0.25, 0.3) is 0 Å². The van der Waals surface area contributed by atoms with Gasteiger partial charge in [-0.3, -0.25) is 9.59 Å². The van der Waals surface area contributed by atoms with Crippen LogP contribution in [0, 0.1) is 0 Å². The van der Waals surface area contributed by atoms with Crippen molar-refractivity contribution in [3.8, 4) is 0 Å². The highest BCUT2D eigenvalue weighted by Crippen LogP contribution is 2.23. The third-order valence-corrected chi connectivity index (χ3v) is 6.70. The number of nitrogens with one attached hydrogen (secondary N) is 1. The number of benzene rings is 3. The molecular formula is C30H35BrN2O2. The molecule has 4 nitrogen and oxygen atoms in total. The Kier molecular flexibility index (Phi) is 9.27. The molecule has 0 spiro atoms. The van der Waals surface area contributed by atoms with E-state index < -0.39 is 6.04 Å². The molecule has 0 aliphatic rings. The Balaban J connectivity index is 1.84. The first kappa shape index (κ1) is 26.7. The fraction of sp³-hybridized carbons (Fsp3) is 0.333. The van der Waals surface area contributed by atoms with Crippen LogP contribution < -0.4 is 5.32 Å². The number of likely N-dealkylation sites (N-methyl/N-ethyl adjacent to an activating group) is 1. The van der Waals surface area contributed by atoms with Crippen LogP contribution in [0.25, 0.3) is 0 Å². The molecule has 2 amide bonds. The summed E-state index contributed by atoms with van der Waals surface area (Å²) in [6.45, 7) is 6.94. The fourth-order valence-corrected chi connectivity index (χ4v) is 4.57. The second kappa shape index (κ2) is 12.2. The number of hydrogen-bond acceptors (Lipinski definition) is 2. The molecule has 1 N–H and O–H groups in total. The molecule has 3 aromatic rings. The molecule has 0 saturated carbocycles. The third kappa shape index (κ3) is 7.79. The van der Waals surface area contributed by atoms with E-state index in [-0.39, 0.29) is 17.2 Å². The number of nitrogens with zero attached hydrogens (tertiary/aromatic N) is 1. The van der Waals surface area contributed by atoms with Crippen LogP contribution in [-0.4, -0.2) is 29.8 Å². The summed E-state index contributed by atoms with van der Waals surface area (Å²) in [7, 11) is 1.62. The molecule has 3 rings (SSSR count). The van der Waals surface area contributed by atoms with Crippen LogP contribution in [0.4, 0.5) is 0 Å². The van der Waals surface area contributed by atoms with Gasteiger partial charge in [-0.1, -0.05) is 103 Å². The Morgan fingerprint density at radius 2 is 1.54 bits per heavy atom. The van der Waals surface area contributed by atoms with Crippen molar-refractivity contribution in [1.29, 1.82) is 0 Å². The lowest BCUT2D eigenvalue weighted by Crippen LogP contribution is -2.49. The zero-order valence-electron chi connectivity index (χ0n) is 21.1. The number of carbonyl (C=O) groups excluding carboxylic acids is 2. The van der Waals surface area contributed by atoms with Crippen LogP contribution >= 0.6 is 15.9 Å². The van der Waals surface area contributed by atoms with Gasteiger partial charge >= 0.3 is 0 Å². The fourth-order valence-electron chi connectivity index (χ4n) is 4.12. The van der Waals surface area contributed by atoms with Crippen molar-refractivity contribution >= 4 is 27.7 Å². The predicted octanol–water partition coefficient (Wildman–Crippen LogP) is 6.07. The molecule has 0 aliphatic carbocycles. The monoisotopic (exact) mass is 534 g/mol. The van der Waals surface area contributed by atoms with E-state index in [0.29, 0.717) is 25.8 Å². The second-order valence-electron chi connectivity index (χ2n) is 9.92. The highest BCUT2D eigenvalue weighted by Gasteiger charge is 2.29. The number of halogens is 1. The summed E-state index contributed by atoms with van der Waals surface area (Å²) < 4.78 is 0.945. The van der Waals surface area contributed by atoms with E-state index in [1.54, 1.807) is 11.9 Å². The number of rotatable bonds is 9. The maximum Gasteiger partial charge on any atom is 0.242 e. The number of hydrogen-bond donors (Lipinski definition) is 1. The molecule has 0 saturated heterocycles. The van der Waals surface area contributed by atoms with Crippen LogP contribution in [-0.2, 0) is 34.4 Å². The van der Waals surface area contributed by atoms with Crippen molar-refractivity contribution < 1.29 is 9.59 Å². The summed E-state index contributed by atoms with van der Waals surface area (Å²) in [6, 6.07) is 25.6. The minimum atomic E-state index is -0.600. The van der Waals surface area contributed by atoms with E-state index in [1.165, 1.54) is 5.56 Å². The molecule has 1 atom stereocenters. The lowest BCUT2D eigenvalue weighted by Gasteiger charge is -2.31. The van der Waals surface area contributed by atoms with Gasteiger partial charge in [-0.25, -0.2) is 0 Å². The van der Waals surface area contributed by atoms with Gasteiger partial charge in [-0.05, 0) is 46.2 Å². The van der Waals surface area contributed by atoms with Gasteiger partial charge in [0, 0.05) is 30.9 Å². The van der Waals surface area contributed by atoms with Crippen molar-refractivity contribution in [3.05, 3.63) is 106 Å². The van der Waals surface area contributed by atoms with Crippen molar-refractivity contribution in [2.45, 2.75) is 58.0 Å². The third-order valence-electron chi connectivity index (χ3n) is 6.21. The maximum absolute atomic E-state index is 13.6. The predicted molar refractivity (Wildman–Crippen MR) is 146 cm³/mol. The molecule has 0 aliphatic heterocycles. The SMILES string of the molecule is CNC(=O)C(Cc1ccccc1)N(Cc1cccc(Br)c1)C(=O)CCc1ccc(C(C)(C)C)cc1. The summed E-state index contributed by atoms with van der Waals surface area (Å²) in [4.78, 5) is 28.4. The zero-order valence-corrected chi connectivity index (χ0v) is 22.6. The first-order valence-electron chi connectivity index (χ1n) is 12.1. The van der Waals surface area contributed by atoms with Gasteiger partial charge in [0.05, 0.1) is 0 Å². The lowest BCUT2D eigenvalue weighted by molar-refractivity contribution is -0.141. The van der Waals surface area contributed by atoms with E-state index >= 15 is 0 Å². The van der Waals surface area contributed by atoms with E-state index in [4.69, 9.17) is 0 Å². The average Bonchev–Trinajstić information content (AvgIpc) is 2.84. The molecule has 0 bridgehead atoms. The normalized spacial score (nSPS) is 12.1. The van der Waals surface area contributed by atoms with E-state index in [0.717, 1.165) is 21.2 Å². The van der Waals surface area contributed by atoms with Crippen LogP contribution in [0.2, 0.25) is 0 Å². The Labute approximate surface area is 217 Å². The van der Waals surface area contributed by atoms with Gasteiger partial charge in [0.1, 0.15) is 6.04 Å². The standard InChI is InChI=1S/C30H35BrN2O2/c1-30(2,3)25-16-13-22(14-17-25)15-18-28(34)33(21-24-11-8-12-26(31)19-24)27(29(35)32-4)20-23-9-6-5-7-10-23/h5-14,16-17,19,27H,15,18,20-21H2,1-4H3,(H,32,35). The van der Waals surface area contributed by atoms with Crippen molar-refractivity contribution in [2.24, 2.45) is 0 Å². The minimum Gasteiger partial charge on any atom is -0.357 e. The van der Waals surface area contributed by atoms with Gasteiger partial charge in [-0.2, -0.15) is 0 Å². The zero-order chi connectivity index (χ0) is 25.4. The summed E-state index contributed by atoms with van der Waals surface area (Å²) in [6.07, 6.45) is 1.43. The van der Waals surface area contributed by atoms with Gasteiger partial charge in [0.2, 0.25) is 11.8 Å². The minimum absolute atomic E-state index is 0.0330. The summed E-state index contributed by atoms with van der Waals surface area (Å²) in [5.41, 5.74) is 4.47. The highest BCUT2D eigenvalue weighted by atomic mass is 79.9. The molecule has 1 unspecified atom stereocenters. The second-order valence-corrected chi connectivity index (χ2v) is 10.8. The van der Waals surface area contributed by atoms with E-state index in [9.17, 15) is 9.59 Å². The van der Waals surface area contributed by atoms with Crippen molar-refractivity contribution in [3.63, 3.8) is 0 Å². The number of carbonyl (C=O) groups is 2. The molecular weight excluding hydrogens is 500 g/mol. The first-order chi connectivity index (χ1) is 16.7. The maximum atomic E-state index is 13.6. The van der Waals surface area contributed by atoms with Crippen LogP contribution in [0.1, 0.15) is 49.4 Å². The Hall–Kier alpha value is -2.92. The summed E-state index contributed by atoms with van der Waals surface area (Å²) in [5.74, 6) is -0.193. The van der Waals surface area contributed by atoms with Crippen molar-refractivity contribution in [2.75, 3.05) is 7.05 Å². The topological polar surface area (TPSA) is 49.4 Å². The molecule has 0 fully saturated rings. The van der Waals surface area contributed by atoms with E-state index in [1.807, 2.05) is 54.6 Å². The molecule has 184 valence electrons. The largest absolute Gasteiger partial charge is 0.357 e. The molecule has 0 radical (unpaired) electrons. The number of aryl methyl sites for hydroxylation is 1. The molecule has 35 heavy (non-hydrogen) atoms. The van der Waals surface area contributed by atoms with Gasteiger partial charge in [0.15, 0.2) is 0 Å². The molecule has 0 heterocycles. The van der Waals surface area contributed by atoms with Crippen LogP contribution in [0.5, 0.6) is 0 Å². The van der Waals surface area contributed by atoms with Gasteiger partial charge < -0.3 is 10.2 Å². The molecule has 3 aromatic carbocycles. The smallest absolute Gasteiger partial charge is 0.242 e. The molecule has 0 aromatic heterocycles. The number of amides is 2. The Morgan fingerprint density at radius 3 is 2.14 bits per heavy atom. The summed E-state index contributed by atoms with van der Waals surface area (Å²) >= 11 is 3.52. The quantitative estimate of drug-likeness (QED) is 0.362. The van der Waals surface area contributed by atoms with Crippen molar-refractivity contribution in [1.82, 2.24) is 10.2 Å². The summed E-state index contributed by atoms with van der Waals surface area (Å²) in [5, 5.41) is 2.77.